The molecule has 0 aliphatic heterocycles. The number of hydrogen-bond acceptors (Lipinski definition) is 0. The molecule has 9 rings (SSSR count). The topological polar surface area (TPSA) is 4.93 Å². The first-order chi connectivity index (χ1) is 18.9. The highest BCUT2D eigenvalue weighted by molar-refractivity contribution is 6.16. The van der Waals surface area contributed by atoms with Crippen molar-refractivity contribution in [3.63, 3.8) is 0 Å². The van der Waals surface area contributed by atoms with Crippen LogP contribution in [0.15, 0.2) is 91.0 Å². The quantitative estimate of drug-likeness (QED) is 0.228. The van der Waals surface area contributed by atoms with Crippen LogP contribution in [0.25, 0.3) is 38.6 Å². The molecular weight excluding hydrogens is 470 g/mol. The van der Waals surface area contributed by atoms with Crippen molar-refractivity contribution in [3.05, 3.63) is 102 Å². The SMILES string of the molecule is CC(C)(C)c1cc(-c2ccc(C34CC5CC(CC(C5)C3)C4)cc2)c2c3ccccc3n(-c3ccccc3)c2c1. The van der Waals surface area contributed by atoms with E-state index < -0.39 is 0 Å². The Labute approximate surface area is 232 Å². The van der Waals surface area contributed by atoms with E-state index in [1.165, 1.54) is 82.7 Å². The lowest BCUT2D eigenvalue weighted by atomic mass is 9.48. The summed E-state index contributed by atoms with van der Waals surface area (Å²) in [5.41, 5.74) is 9.99. The molecule has 4 aliphatic rings. The highest BCUT2D eigenvalue weighted by atomic mass is 15.0. The highest BCUT2D eigenvalue weighted by Gasteiger charge is 2.51. The van der Waals surface area contributed by atoms with E-state index in [2.05, 4.69) is 116 Å². The normalized spacial score (nSPS) is 26.1. The van der Waals surface area contributed by atoms with Gasteiger partial charge in [0.2, 0.25) is 0 Å². The fourth-order valence-electron chi connectivity index (χ4n) is 9.08. The minimum absolute atomic E-state index is 0.0556. The maximum absolute atomic E-state index is 2.51. The molecule has 4 bridgehead atoms. The lowest BCUT2D eigenvalue weighted by Gasteiger charge is -2.57. The standard InChI is InChI=1S/C38H39N/c1-37(2,3)30-20-33(28-13-15-29(16-14-28)38-22-25-17-26(23-38)19-27(18-25)24-38)36-32-11-7-8-12-34(32)39(35(36)21-30)31-9-5-4-6-10-31/h4-16,20-21,25-27H,17-19,22-24H2,1-3H3. The molecule has 0 radical (unpaired) electrons. The van der Waals surface area contributed by atoms with Crippen LogP contribution in [0.1, 0.15) is 70.4 Å². The maximum atomic E-state index is 2.51. The van der Waals surface area contributed by atoms with Crippen LogP contribution in [0.4, 0.5) is 0 Å². The van der Waals surface area contributed by atoms with Gasteiger partial charge < -0.3 is 4.57 Å². The van der Waals surface area contributed by atoms with Crippen LogP contribution >= 0.6 is 0 Å². The van der Waals surface area contributed by atoms with Gasteiger partial charge in [0, 0.05) is 16.5 Å². The molecular formula is C38H39N. The van der Waals surface area contributed by atoms with Crippen LogP contribution in [0.5, 0.6) is 0 Å². The van der Waals surface area contributed by atoms with Gasteiger partial charge in [-0.2, -0.15) is 0 Å². The number of hydrogen-bond donors (Lipinski definition) is 0. The Kier molecular flexibility index (Phi) is 5.04. The number of para-hydroxylation sites is 2. The number of aromatic nitrogens is 1. The van der Waals surface area contributed by atoms with Crippen molar-refractivity contribution in [1.82, 2.24) is 4.57 Å². The van der Waals surface area contributed by atoms with Gasteiger partial charge in [0.05, 0.1) is 11.0 Å². The van der Waals surface area contributed by atoms with Crippen LogP contribution in [-0.2, 0) is 10.8 Å². The van der Waals surface area contributed by atoms with Crippen molar-refractivity contribution < 1.29 is 0 Å². The molecule has 4 aliphatic carbocycles. The van der Waals surface area contributed by atoms with Gasteiger partial charge >= 0.3 is 0 Å². The largest absolute Gasteiger partial charge is 0.309 e. The van der Waals surface area contributed by atoms with E-state index in [-0.39, 0.29) is 5.41 Å². The number of rotatable bonds is 3. The van der Waals surface area contributed by atoms with E-state index in [4.69, 9.17) is 0 Å². The van der Waals surface area contributed by atoms with E-state index >= 15 is 0 Å². The van der Waals surface area contributed by atoms with Crippen LogP contribution in [0, 0.1) is 17.8 Å². The zero-order valence-corrected chi connectivity index (χ0v) is 23.6. The van der Waals surface area contributed by atoms with Gasteiger partial charge in [0.15, 0.2) is 0 Å². The summed E-state index contributed by atoms with van der Waals surface area (Å²) in [5.74, 6) is 2.93. The molecule has 0 saturated heterocycles. The zero-order valence-electron chi connectivity index (χ0n) is 23.6. The van der Waals surface area contributed by atoms with Crippen molar-refractivity contribution in [3.8, 4) is 16.8 Å². The predicted molar refractivity (Wildman–Crippen MR) is 165 cm³/mol. The van der Waals surface area contributed by atoms with Gasteiger partial charge in [0.25, 0.3) is 0 Å². The minimum Gasteiger partial charge on any atom is -0.309 e. The molecule has 0 unspecified atom stereocenters. The Morgan fingerprint density at radius 2 is 1.28 bits per heavy atom. The second-order valence-electron chi connectivity index (χ2n) is 14.1. The summed E-state index contributed by atoms with van der Waals surface area (Å²) in [6, 6.07) is 34.6. The lowest BCUT2D eigenvalue weighted by Crippen LogP contribution is -2.48. The van der Waals surface area contributed by atoms with E-state index in [1.807, 2.05) is 0 Å². The fourth-order valence-corrected chi connectivity index (χ4v) is 9.08. The van der Waals surface area contributed by atoms with E-state index in [9.17, 15) is 0 Å². The van der Waals surface area contributed by atoms with Crippen LogP contribution in [0.2, 0.25) is 0 Å². The summed E-state index contributed by atoms with van der Waals surface area (Å²) in [4.78, 5) is 0. The van der Waals surface area contributed by atoms with Crippen LogP contribution in [-0.4, -0.2) is 4.57 Å². The molecule has 4 saturated carbocycles. The molecule has 1 heteroatoms. The van der Waals surface area contributed by atoms with Crippen molar-refractivity contribution in [1.29, 1.82) is 0 Å². The van der Waals surface area contributed by atoms with Gasteiger partial charge in [-0.05, 0) is 120 Å². The first-order valence-electron chi connectivity index (χ1n) is 15.1. The van der Waals surface area contributed by atoms with Gasteiger partial charge in [-0.1, -0.05) is 81.4 Å². The van der Waals surface area contributed by atoms with Gasteiger partial charge in [-0.25, -0.2) is 0 Å². The molecule has 0 amide bonds. The molecule has 4 aromatic carbocycles. The Balaban J connectivity index is 1.33. The molecule has 5 aromatic rings. The lowest BCUT2D eigenvalue weighted by molar-refractivity contribution is -0.00518. The second-order valence-corrected chi connectivity index (χ2v) is 14.1. The van der Waals surface area contributed by atoms with E-state index in [0.717, 1.165) is 17.8 Å². The molecule has 39 heavy (non-hydrogen) atoms. The second kappa shape index (κ2) is 8.34. The summed E-state index contributed by atoms with van der Waals surface area (Å²) < 4.78 is 2.47. The molecule has 4 fully saturated rings. The molecule has 1 aromatic heterocycles. The van der Waals surface area contributed by atoms with Gasteiger partial charge in [0.1, 0.15) is 0 Å². The third kappa shape index (κ3) is 3.65. The molecule has 1 heterocycles. The number of nitrogens with zero attached hydrogens (tertiary/aromatic N) is 1. The number of fused-ring (bicyclic) bond motifs is 3. The summed E-state index contributed by atoms with van der Waals surface area (Å²) >= 11 is 0. The van der Waals surface area contributed by atoms with Crippen molar-refractivity contribution in [2.24, 2.45) is 17.8 Å². The Bertz CT molecular complexity index is 1660. The summed E-state index contributed by atoms with van der Waals surface area (Å²) in [7, 11) is 0. The van der Waals surface area contributed by atoms with Crippen molar-refractivity contribution in [2.75, 3.05) is 0 Å². The van der Waals surface area contributed by atoms with Crippen LogP contribution in [0.3, 0.4) is 0 Å². The molecule has 0 spiro atoms. The van der Waals surface area contributed by atoms with Gasteiger partial charge in [-0.15, -0.1) is 0 Å². The summed E-state index contributed by atoms with van der Waals surface area (Å²) in [6.45, 7) is 7.01. The van der Waals surface area contributed by atoms with E-state index in [1.54, 1.807) is 5.56 Å². The highest BCUT2D eigenvalue weighted by Crippen LogP contribution is 2.60. The maximum Gasteiger partial charge on any atom is 0.0550 e. The Morgan fingerprint density at radius 3 is 1.92 bits per heavy atom. The van der Waals surface area contributed by atoms with Crippen LogP contribution < -0.4 is 0 Å². The molecule has 0 N–H and O–H groups in total. The molecule has 0 atom stereocenters. The first kappa shape index (κ1) is 23.6. The number of benzene rings is 4. The smallest absolute Gasteiger partial charge is 0.0550 e. The Morgan fingerprint density at radius 1 is 0.667 bits per heavy atom. The minimum atomic E-state index is 0.0556. The van der Waals surface area contributed by atoms with Crippen molar-refractivity contribution in [2.45, 2.75) is 70.1 Å². The third-order valence-electron chi connectivity index (χ3n) is 10.5. The Hall–Kier alpha value is -3.32. The predicted octanol–water partition coefficient (Wildman–Crippen LogP) is 10.2. The van der Waals surface area contributed by atoms with E-state index in [0.29, 0.717) is 5.41 Å². The molecule has 196 valence electrons. The summed E-state index contributed by atoms with van der Waals surface area (Å²) in [5, 5.41) is 2.70. The average Bonchev–Trinajstić information content (AvgIpc) is 3.26. The molecule has 1 nitrogen and oxygen atoms in total. The first-order valence-corrected chi connectivity index (χ1v) is 15.1. The monoisotopic (exact) mass is 509 g/mol. The van der Waals surface area contributed by atoms with Crippen molar-refractivity contribution >= 4 is 21.8 Å². The fraction of sp³-hybridized carbons (Fsp3) is 0.368. The average molecular weight is 510 g/mol. The third-order valence-corrected chi connectivity index (χ3v) is 10.5. The van der Waals surface area contributed by atoms with Gasteiger partial charge in [-0.3, -0.25) is 0 Å². The zero-order chi connectivity index (χ0) is 26.4. The summed E-state index contributed by atoms with van der Waals surface area (Å²) in [6.07, 6.45) is 8.77.